The number of hydrogen-bond acceptors (Lipinski definition) is 6. The third-order valence-corrected chi connectivity index (χ3v) is 4.57. The molecular weight excluding hydrogens is 286 g/mol. The van der Waals surface area contributed by atoms with E-state index in [2.05, 4.69) is 34.4 Å². The largest absolute Gasteiger partial charge is 0.382 e. The summed E-state index contributed by atoms with van der Waals surface area (Å²) in [5.74, 6) is 0.776. The minimum atomic E-state index is -0.112. The second-order valence-corrected chi connectivity index (χ2v) is 6.93. The third-order valence-electron chi connectivity index (χ3n) is 3.44. The Kier molecular flexibility index (Phi) is 5.41. The van der Waals surface area contributed by atoms with Crippen LogP contribution in [0.15, 0.2) is 0 Å². The van der Waals surface area contributed by atoms with E-state index in [-0.39, 0.29) is 11.9 Å². The number of carbonyl (C=O) groups excluding carboxylic acids is 1. The Bertz CT molecular complexity index is 482. The van der Waals surface area contributed by atoms with Gasteiger partial charge in [-0.15, -0.1) is 0 Å². The fraction of sp³-hybridized carbons (Fsp3) is 0.714. The smallest absolute Gasteiger partial charge is 0.265 e. The van der Waals surface area contributed by atoms with Crippen LogP contribution in [0.4, 0.5) is 10.9 Å². The van der Waals surface area contributed by atoms with Crippen molar-refractivity contribution in [2.24, 2.45) is 5.92 Å². The molecule has 0 saturated carbocycles. The molecule has 1 aromatic heterocycles. The minimum Gasteiger partial charge on any atom is -0.382 e. The lowest BCUT2D eigenvalue weighted by Crippen LogP contribution is -2.43. The highest BCUT2D eigenvalue weighted by Gasteiger charge is 2.21. The fourth-order valence-corrected chi connectivity index (χ4v) is 3.47. The predicted octanol–water partition coefficient (Wildman–Crippen LogP) is 1.30. The molecule has 6 nitrogen and oxygen atoms in total. The first-order valence-corrected chi connectivity index (χ1v) is 8.32. The molecule has 1 aliphatic rings. The summed E-state index contributed by atoms with van der Waals surface area (Å²) in [5, 5.41) is 7.15. The van der Waals surface area contributed by atoms with Gasteiger partial charge in [0, 0.05) is 32.2 Å². The maximum Gasteiger partial charge on any atom is 0.265 e. The normalized spacial score (nSPS) is 17.0. The molecule has 1 saturated heterocycles. The summed E-state index contributed by atoms with van der Waals surface area (Å²) in [5.41, 5.74) is 5.92. The van der Waals surface area contributed by atoms with Crippen LogP contribution in [0, 0.1) is 5.92 Å². The fourth-order valence-electron chi connectivity index (χ4n) is 2.53. The molecule has 0 bridgehead atoms. The number of rotatable bonds is 5. The van der Waals surface area contributed by atoms with Crippen molar-refractivity contribution < 1.29 is 4.79 Å². The van der Waals surface area contributed by atoms with Gasteiger partial charge in [-0.3, -0.25) is 4.79 Å². The molecule has 0 radical (unpaired) electrons. The maximum absolute atomic E-state index is 12.3. The number of hydrogen-bond donors (Lipinski definition) is 3. The van der Waals surface area contributed by atoms with Crippen LogP contribution in [-0.4, -0.2) is 43.1 Å². The molecular formula is C14H25N5OS. The number of nitrogens with zero attached hydrogens (tertiary/aromatic N) is 2. The van der Waals surface area contributed by atoms with Crippen LogP contribution in [-0.2, 0) is 0 Å². The lowest BCUT2D eigenvalue weighted by atomic mass is 10.1. The second-order valence-electron chi connectivity index (χ2n) is 5.95. The number of amides is 1. The monoisotopic (exact) mass is 311 g/mol. The quantitative estimate of drug-likeness (QED) is 0.763. The van der Waals surface area contributed by atoms with Crippen molar-refractivity contribution >= 4 is 28.2 Å². The SMILES string of the molecule is CC(C)CC(C)NC(=O)c1sc(N2CCNCC2)nc1N. The summed E-state index contributed by atoms with van der Waals surface area (Å²) in [6.45, 7) is 9.99. The highest BCUT2D eigenvalue weighted by molar-refractivity contribution is 7.18. The van der Waals surface area contributed by atoms with Gasteiger partial charge in [0.1, 0.15) is 10.7 Å². The molecule has 0 aromatic carbocycles. The maximum atomic E-state index is 12.3. The van der Waals surface area contributed by atoms with E-state index in [4.69, 9.17) is 5.73 Å². The first-order chi connectivity index (χ1) is 9.97. The van der Waals surface area contributed by atoms with E-state index in [1.807, 2.05) is 6.92 Å². The number of nitrogen functional groups attached to an aromatic ring is 1. The van der Waals surface area contributed by atoms with Crippen molar-refractivity contribution in [3.8, 4) is 0 Å². The zero-order valence-corrected chi connectivity index (χ0v) is 13.8. The molecule has 4 N–H and O–H groups in total. The van der Waals surface area contributed by atoms with Crippen LogP contribution in [0.5, 0.6) is 0 Å². The second kappa shape index (κ2) is 7.09. The molecule has 21 heavy (non-hydrogen) atoms. The van der Waals surface area contributed by atoms with Crippen LogP contribution >= 0.6 is 11.3 Å². The zero-order chi connectivity index (χ0) is 15.4. The summed E-state index contributed by atoms with van der Waals surface area (Å²) >= 11 is 1.38. The van der Waals surface area contributed by atoms with Gasteiger partial charge in [-0.2, -0.15) is 0 Å². The molecule has 1 unspecified atom stereocenters. The zero-order valence-electron chi connectivity index (χ0n) is 13.0. The van der Waals surface area contributed by atoms with Gasteiger partial charge in [-0.1, -0.05) is 25.2 Å². The van der Waals surface area contributed by atoms with E-state index in [1.165, 1.54) is 11.3 Å². The highest BCUT2D eigenvalue weighted by atomic mass is 32.1. The number of carbonyl (C=O) groups is 1. The molecule has 1 fully saturated rings. The molecule has 0 aliphatic carbocycles. The van der Waals surface area contributed by atoms with Crippen molar-refractivity contribution in [1.82, 2.24) is 15.6 Å². The molecule has 2 heterocycles. The van der Waals surface area contributed by atoms with Gasteiger partial charge in [-0.25, -0.2) is 4.98 Å². The van der Waals surface area contributed by atoms with E-state index < -0.39 is 0 Å². The van der Waals surface area contributed by atoms with E-state index in [0.29, 0.717) is 16.6 Å². The van der Waals surface area contributed by atoms with Gasteiger partial charge < -0.3 is 21.3 Å². The van der Waals surface area contributed by atoms with Crippen LogP contribution in [0.3, 0.4) is 0 Å². The summed E-state index contributed by atoms with van der Waals surface area (Å²) in [6.07, 6.45) is 0.953. The van der Waals surface area contributed by atoms with E-state index in [9.17, 15) is 4.79 Å². The van der Waals surface area contributed by atoms with Crippen molar-refractivity contribution in [3.63, 3.8) is 0 Å². The Hall–Kier alpha value is -1.34. The van der Waals surface area contributed by atoms with Gasteiger partial charge in [-0.05, 0) is 19.3 Å². The molecule has 7 heteroatoms. The highest BCUT2D eigenvalue weighted by Crippen LogP contribution is 2.28. The van der Waals surface area contributed by atoms with Crippen molar-refractivity contribution in [2.75, 3.05) is 36.8 Å². The van der Waals surface area contributed by atoms with Crippen molar-refractivity contribution in [2.45, 2.75) is 33.2 Å². The number of thiazole rings is 1. The number of nitrogens with two attached hydrogens (primary N) is 1. The Morgan fingerprint density at radius 2 is 2.10 bits per heavy atom. The molecule has 1 aliphatic heterocycles. The molecule has 1 aromatic rings. The van der Waals surface area contributed by atoms with Crippen molar-refractivity contribution in [3.05, 3.63) is 4.88 Å². The molecule has 1 amide bonds. The average molecular weight is 311 g/mol. The van der Waals surface area contributed by atoms with E-state index >= 15 is 0 Å². The van der Waals surface area contributed by atoms with E-state index in [1.54, 1.807) is 0 Å². The lowest BCUT2D eigenvalue weighted by molar-refractivity contribution is 0.0941. The average Bonchev–Trinajstić information content (AvgIpc) is 2.81. The Balaban J connectivity index is 2.02. The summed E-state index contributed by atoms with van der Waals surface area (Å²) in [4.78, 5) is 19.4. The molecule has 118 valence electrons. The van der Waals surface area contributed by atoms with Gasteiger partial charge in [0.2, 0.25) is 0 Å². The lowest BCUT2D eigenvalue weighted by Gasteiger charge is -2.26. The van der Waals surface area contributed by atoms with Crippen LogP contribution in [0.2, 0.25) is 0 Å². The van der Waals surface area contributed by atoms with Crippen LogP contribution in [0.25, 0.3) is 0 Å². The number of piperazine rings is 1. The molecule has 2 rings (SSSR count). The van der Waals surface area contributed by atoms with Gasteiger partial charge in [0.05, 0.1) is 0 Å². The Labute approximate surface area is 130 Å². The number of anilines is 2. The number of nitrogens with one attached hydrogen (secondary N) is 2. The van der Waals surface area contributed by atoms with Gasteiger partial charge in [0.15, 0.2) is 5.13 Å². The van der Waals surface area contributed by atoms with Crippen LogP contribution in [0.1, 0.15) is 36.9 Å². The summed E-state index contributed by atoms with van der Waals surface area (Å²) in [7, 11) is 0. The molecule has 1 atom stereocenters. The topological polar surface area (TPSA) is 83.3 Å². The third kappa shape index (κ3) is 4.31. The van der Waals surface area contributed by atoms with E-state index in [0.717, 1.165) is 37.7 Å². The van der Waals surface area contributed by atoms with Gasteiger partial charge in [0.25, 0.3) is 5.91 Å². The first-order valence-electron chi connectivity index (χ1n) is 7.50. The molecule has 0 spiro atoms. The Morgan fingerprint density at radius 3 is 2.71 bits per heavy atom. The first kappa shape index (κ1) is 16.0. The standard InChI is InChI=1S/C14H25N5OS/c1-9(2)8-10(3)17-13(20)11-12(15)18-14(21-11)19-6-4-16-5-7-19/h9-10,16H,4-8,15H2,1-3H3,(H,17,20). The predicted molar refractivity (Wildman–Crippen MR) is 88.0 cm³/mol. The number of aromatic nitrogens is 1. The minimum absolute atomic E-state index is 0.112. The summed E-state index contributed by atoms with van der Waals surface area (Å²) < 4.78 is 0. The van der Waals surface area contributed by atoms with Crippen molar-refractivity contribution in [1.29, 1.82) is 0 Å². The summed E-state index contributed by atoms with van der Waals surface area (Å²) in [6, 6.07) is 0.140. The van der Waals surface area contributed by atoms with Gasteiger partial charge >= 0.3 is 0 Å². The van der Waals surface area contributed by atoms with Crippen LogP contribution < -0.4 is 21.3 Å². The Morgan fingerprint density at radius 1 is 1.43 bits per heavy atom.